The summed E-state index contributed by atoms with van der Waals surface area (Å²) >= 11 is 0. The average molecular weight is 399 g/mol. The molecule has 4 rings (SSSR count). The summed E-state index contributed by atoms with van der Waals surface area (Å²) in [5, 5.41) is 10.7. The highest BCUT2D eigenvalue weighted by Crippen LogP contribution is 2.25. The molecule has 0 saturated carbocycles. The lowest BCUT2D eigenvalue weighted by molar-refractivity contribution is 0.242. The fourth-order valence-corrected chi connectivity index (χ4v) is 4.16. The number of anilines is 1. The molecule has 2 aliphatic heterocycles. The Kier molecular flexibility index (Phi) is 6.06. The van der Waals surface area contributed by atoms with Gasteiger partial charge in [-0.25, -0.2) is 4.79 Å². The summed E-state index contributed by atoms with van der Waals surface area (Å²) < 4.78 is 10.5. The summed E-state index contributed by atoms with van der Waals surface area (Å²) in [5.41, 5.74) is 1.84. The fourth-order valence-electron chi connectivity index (χ4n) is 4.16. The van der Waals surface area contributed by atoms with Crippen molar-refractivity contribution in [2.45, 2.75) is 25.9 Å². The van der Waals surface area contributed by atoms with Crippen LogP contribution >= 0.6 is 0 Å². The van der Waals surface area contributed by atoms with Gasteiger partial charge in [-0.15, -0.1) is 0 Å². The van der Waals surface area contributed by atoms with Crippen molar-refractivity contribution in [3.05, 3.63) is 52.1 Å². The van der Waals surface area contributed by atoms with Gasteiger partial charge in [-0.1, -0.05) is 0 Å². The molecule has 0 spiro atoms. The first kappa shape index (κ1) is 19.8. The van der Waals surface area contributed by atoms with Gasteiger partial charge < -0.3 is 19.2 Å². The summed E-state index contributed by atoms with van der Waals surface area (Å²) in [7, 11) is 1.67. The normalized spacial score (nSPS) is 18.3. The molecule has 29 heavy (non-hydrogen) atoms. The molecule has 2 fully saturated rings. The van der Waals surface area contributed by atoms with Gasteiger partial charge in [-0.05, 0) is 50.2 Å². The second kappa shape index (κ2) is 8.88. The van der Waals surface area contributed by atoms with Crippen LogP contribution in [0.5, 0.6) is 11.5 Å². The van der Waals surface area contributed by atoms with Gasteiger partial charge in [0.05, 0.1) is 12.7 Å². The Morgan fingerprint density at radius 1 is 0.966 bits per heavy atom. The molecule has 2 aliphatic rings. The number of benzene rings is 1. The second-order valence-corrected chi connectivity index (χ2v) is 7.82. The van der Waals surface area contributed by atoms with Crippen LogP contribution in [0, 0.1) is 0 Å². The molecule has 0 bridgehead atoms. The van der Waals surface area contributed by atoms with Crippen LogP contribution < -0.4 is 15.3 Å². The van der Waals surface area contributed by atoms with E-state index in [-0.39, 0.29) is 5.75 Å². The van der Waals surface area contributed by atoms with Crippen LogP contribution in [0.15, 0.2) is 39.7 Å². The zero-order chi connectivity index (χ0) is 20.2. The highest BCUT2D eigenvalue weighted by Gasteiger charge is 2.22. The predicted octanol–water partition coefficient (Wildman–Crippen LogP) is 2.27. The maximum atomic E-state index is 12.1. The van der Waals surface area contributed by atoms with Crippen LogP contribution in [-0.2, 0) is 13.1 Å². The number of likely N-dealkylation sites (tertiary alicyclic amines) is 1. The lowest BCUT2D eigenvalue weighted by Crippen LogP contribution is -2.46. The molecule has 0 unspecified atom stereocenters. The molecular weight excluding hydrogens is 370 g/mol. The summed E-state index contributed by atoms with van der Waals surface area (Å²) in [6.45, 7) is 6.56. The van der Waals surface area contributed by atoms with Crippen LogP contribution in [-0.4, -0.2) is 61.3 Å². The fraction of sp³-hybridized carbons (Fsp3) is 0.500. The number of piperazine rings is 1. The highest BCUT2D eigenvalue weighted by molar-refractivity contribution is 5.49. The maximum Gasteiger partial charge on any atom is 0.343 e. The molecule has 3 heterocycles. The van der Waals surface area contributed by atoms with E-state index >= 15 is 0 Å². The Balaban J connectivity index is 1.38. The molecule has 1 aromatic heterocycles. The zero-order valence-corrected chi connectivity index (χ0v) is 17.0. The number of hydrogen-bond donors (Lipinski definition) is 1. The Morgan fingerprint density at radius 2 is 1.62 bits per heavy atom. The van der Waals surface area contributed by atoms with E-state index in [0.717, 1.165) is 57.9 Å². The third kappa shape index (κ3) is 4.57. The van der Waals surface area contributed by atoms with Crippen LogP contribution in [0.3, 0.4) is 0 Å². The maximum absolute atomic E-state index is 12.1. The topological polar surface area (TPSA) is 69.4 Å². The molecule has 156 valence electrons. The van der Waals surface area contributed by atoms with E-state index in [4.69, 9.17) is 9.15 Å². The third-order valence-electron chi connectivity index (χ3n) is 5.93. The number of aromatic hydroxyl groups is 1. The largest absolute Gasteiger partial charge is 0.507 e. The smallest absolute Gasteiger partial charge is 0.343 e. The molecule has 0 radical (unpaired) electrons. The number of ether oxygens (including phenoxy) is 1. The SMILES string of the molecule is COc1ccc(N2CCN(Cc3coc(=O)c(CN4CCCC4)c3O)CC2)cc1. The molecule has 0 aliphatic carbocycles. The van der Waals surface area contributed by atoms with Gasteiger partial charge in [0.1, 0.15) is 17.8 Å². The molecule has 0 amide bonds. The van der Waals surface area contributed by atoms with Crippen LogP contribution in [0.1, 0.15) is 24.0 Å². The molecule has 0 atom stereocenters. The minimum atomic E-state index is -0.428. The summed E-state index contributed by atoms with van der Waals surface area (Å²) in [5.74, 6) is 0.962. The van der Waals surface area contributed by atoms with Gasteiger partial charge in [-0.3, -0.25) is 9.80 Å². The summed E-state index contributed by atoms with van der Waals surface area (Å²) in [6.07, 6.45) is 3.70. The van der Waals surface area contributed by atoms with Crippen molar-refractivity contribution in [3.8, 4) is 11.5 Å². The molecule has 2 saturated heterocycles. The molecule has 1 N–H and O–H groups in total. The first-order chi connectivity index (χ1) is 14.1. The van der Waals surface area contributed by atoms with E-state index in [9.17, 15) is 9.90 Å². The third-order valence-corrected chi connectivity index (χ3v) is 5.93. The van der Waals surface area contributed by atoms with E-state index in [1.54, 1.807) is 7.11 Å². The second-order valence-electron chi connectivity index (χ2n) is 7.82. The first-order valence-corrected chi connectivity index (χ1v) is 10.3. The van der Waals surface area contributed by atoms with Crippen molar-refractivity contribution in [3.63, 3.8) is 0 Å². The first-order valence-electron chi connectivity index (χ1n) is 10.3. The predicted molar refractivity (Wildman–Crippen MR) is 112 cm³/mol. The molecule has 1 aromatic carbocycles. The minimum Gasteiger partial charge on any atom is -0.507 e. The van der Waals surface area contributed by atoms with Gasteiger partial charge in [-0.2, -0.15) is 0 Å². The standard InChI is InChI=1S/C22H29N3O4/c1-28-19-6-4-18(5-7-19)25-12-10-24(11-13-25)14-17-16-29-22(27)20(21(17)26)15-23-8-2-3-9-23/h4-7,16,26H,2-3,8-15H2,1H3. The molecule has 7 nitrogen and oxygen atoms in total. The van der Waals surface area contributed by atoms with E-state index in [0.29, 0.717) is 24.2 Å². The van der Waals surface area contributed by atoms with Crippen molar-refractivity contribution in [1.29, 1.82) is 0 Å². The Labute approximate surface area is 171 Å². The van der Waals surface area contributed by atoms with E-state index in [1.807, 2.05) is 12.1 Å². The van der Waals surface area contributed by atoms with Gasteiger partial charge in [0.2, 0.25) is 0 Å². The number of hydrogen-bond acceptors (Lipinski definition) is 7. The van der Waals surface area contributed by atoms with Crippen LogP contribution in [0.4, 0.5) is 5.69 Å². The lowest BCUT2D eigenvalue weighted by atomic mass is 10.1. The Hall–Kier alpha value is -2.51. The minimum absolute atomic E-state index is 0.103. The van der Waals surface area contributed by atoms with Gasteiger partial charge >= 0.3 is 5.63 Å². The lowest BCUT2D eigenvalue weighted by Gasteiger charge is -2.36. The Morgan fingerprint density at radius 3 is 2.28 bits per heavy atom. The van der Waals surface area contributed by atoms with Crippen molar-refractivity contribution >= 4 is 5.69 Å². The van der Waals surface area contributed by atoms with Gasteiger partial charge in [0.15, 0.2) is 0 Å². The van der Waals surface area contributed by atoms with Gasteiger partial charge in [0.25, 0.3) is 0 Å². The van der Waals surface area contributed by atoms with E-state index in [2.05, 4.69) is 26.8 Å². The average Bonchev–Trinajstić information content (AvgIpc) is 3.27. The number of rotatable bonds is 6. The summed E-state index contributed by atoms with van der Waals surface area (Å²) in [6, 6.07) is 8.12. The highest BCUT2D eigenvalue weighted by atomic mass is 16.5. The van der Waals surface area contributed by atoms with Crippen molar-refractivity contribution in [2.75, 3.05) is 51.3 Å². The monoisotopic (exact) mass is 399 g/mol. The van der Waals surface area contributed by atoms with Crippen LogP contribution in [0.2, 0.25) is 0 Å². The van der Waals surface area contributed by atoms with Crippen LogP contribution in [0.25, 0.3) is 0 Å². The number of nitrogens with zero attached hydrogens (tertiary/aromatic N) is 3. The van der Waals surface area contributed by atoms with Crippen molar-refractivity contribution in [1.82, 2.24) is 9.80 Å². The van der Waals surface area contributed by atoms with Crippen molar-refractivity contribution < 1.29 is 14.3 Å². The molecule has 2 aromatic rings. The van der Waals surface area contributed by atoms with Gasteiger partial charge in [0, 0.05) is 50.5 Å². The molecule has 7 heteroatoms. The number of methoxy groups -OCH3 is 1. The van der Waals surface area contributed by atoms with Crippen molar-refractivity contribution in [2.24, 2.45) is 0 Å². The van der Waals surface area contributed by atoms with E-state index < -0.39 is 5.63 Å². The quantitative estimate of drug-likeness (QED) is 0.799. The Bertz CT molecular complexity index is 867. The zero-order valence-electron chi connectivity index (χ0n) is 17.0. The van der Waals surface area contributed by atoms with E-state index in [1.165, 1.54) is 12.0 Å². The molecular formula is C22H29N3O4. The summed E-state index contributed by atoms with van der Waals surface area (Å²) in [4.78, 5) is 19.0.